The van der Waals surface area contributed by atoms with Crippen molar-refractivity contribution in [3.63, 3.8) is 0 Å². The van der Waals surface area contributed by atoms with Crippen LogP contribution in [-0.4, -0.2) is 23.0 Å². The van der Waals surface area contributed by atoms with Crippen molar-refractivity contribution in [2.45, 2.75) is 20.0 Å². The zero-order chi connectivity index (χ0) is 24.3. The Morgan fingerprint density at radius 3 is 2.45 bits per heavy atom. The van der Waals surface area contributed by atoms with Crippen LogP contribution in [0.1, 0.15) is 41.7 Å². The van der Waals surface area contributed by atoms with Crippen LogP contribution in [0.5, 0.6) is 0 Å². The molecule has 0 fully saturated rings. The number of carbonyl (C=O) groups excluding carboxylic acids is 2. The summed E-state index contributed by atoms with van der Waals surface area (Å²) >= 11 is 13.4. The van der Waals surface area contributed by atoms with Crippen LogP contribution in [0, 0.1) is 13.8 Å². The first-order valence-corrected chi connectivity index (χ1v) is 10.8. The Hall–Kier alpha value is -2.95. The van der Waals surface area contributed by atoms with Gasteiger partial charge in [-0.25, -0.2) is 10.4 Å². The molecule has 3 rings (SSSR count). The van der Waals surface area contributed by atoms with Gasteiger partial charge in [-0.15, -0.1) is 11.3 Å². The van der Waals surface area contributed by atoms with Gasteiger partial charge in [-0.3, -0.25) is 9.59 Å². The van der Waals surface area contributed by atoms with Gasteiger partial charge in [0, 0.05) is 21.0 Å². The molecular weight excluding hydrogens is 500 g/mol. The molecule has 0 unspecified atom stereocenters. The van der Waals surface area contributed by atoms with Crippen LogP contribution in [0.2, 0.25) is 10.0 Å². The smallest absolute Gasteiger partial charge is 0.320 e. The molecule has 0 aliphatic carbocycles. The Bertz CT molecular complexity index is 1260. The summed E-state index contributed by atoms with van der Waals surface area (Å²) in [6.07, 6.45) is -2.69. The molecule has 2 aromatic heterocycles. The Labute approximate surface area is 200 Å². The minimum absolute atomic E-state index is 0.00380. The van der Waals surface area contributed by atoms with Crippen molar-refractivity contribution in [3.8, 4) is 0 Å². The van der Waals surface area contributed by atoms with E-state index in [4.69, 9.17) is 23.2 Å². The lowest BCUT2D eigenvalue weighted by Crippen LogP contribution is -2.23. The molecular formula is C21H15Cl2F3N4O2S. The van der Waals surface area contributed by atoms with E-state index in [0.29, 0.717) is 17.8 Å². The van der Waals surface area contributed by atoms with Crippen molar-refractivity contribution in [1.29, 1.82) is 0 Å². The zero-order valence-corrected chi connectivity index (χ0v) is 19.4. The van der Waals surface area contributed by atoms with E-state index in [9.17, 15) is 22.8 Å². The van der Waals surface area contributed by atoms with Crippen LogP contribution in [-0.2, 0) is 6.18 Å². The number of carbonyl (C=O) groups is 2. The van der Waals surface area contributed by atoms with E-state index in [1.54, 1.807) is 6.92 Å². The predicted octanol–water partition coefficient (Wildman–Crippen LogP) is 6.10. The number of aryl methyl sites for hydroxylation is 2. The van der Waals surface area contributed by atoms with Crippen molar-refractivity contribution in [2.75, 3.05) is 5.32 Å². The van der Waals surface area contributed by atoms with E-state index in [1.165, 1.54) is 29.7 Å². The summed E-state index contributed by atoms with van der Waals surface area (Å²) in [4.78, 5) is 30.8. The van der Waals surface area contributed by atoms with Crippen LogP contribution in [0.3, 0.4) is 0 Å². The molecule has 0 atom stereocenters. The Balaban J connectivity index is 1.85. The lowest BCUT2D eigenvalue weighted by Gasteiger charge is -2.14. The molecule has 0 bridgehead atoms. The first-order chi connectivity index (χ1) is 15.5. The van der Waals surface area contributed by atoms with Crippen molar-refractivity contribution < 1.29 is 22.8 Å². The number of nitrogens with zero attached hydrogens (tertiary/aromatic N) is 2. The summed E-state index contributed by atoms with van der Waals surface area (Å²) in [7, 11) is 0. The monoisotopic (exact) mass is 514 g/mol. The normalized spacial score (nSPS) is 11.6. The molecule has 1 aromatic carbocycles. The number of halogens is 5. The topological polar surface area (TPSA) is 83.5 Å². The number of anilines is 1. The fourth-order valence-corrected chi connectivity index (χ4v) is 4.03. The molecule has 2 heterocycles. The van der Waals surface area contributed by atoms with Gasteiger partial charge in [-0.1, -0.05) is 23.2 Å². The highest BCUT2D eigenvalue weighted by Crippen LogP contribution is 2.32. The third-order valence-corrected chi connectivity index (χ3v) is 5.73. The number of pyridine rings is 1. The fourth-order valence-electron chi connectivity index (χ4n) is 2.76. The van der Waals surface area contributed by atoms with E-state index in [1.807, 2.05) is 19.1 Å². The number of nitrogens with one attached hydrogen (secondary N) is 2. The van der Waals surface area contributed by atoms with Crippen LogP contribution in [0.15, 0.2) is 41.6 Å². The Morgan fingerprint density at radius 1 is 1.12 bits per heavy atom. The summed E-state index contributed by atoms with van der Waals surface area (Å²) in [6, 6.07) is 7.18. The number of rotatable bonds is 5. The Kier molecular flexibility index (Phi) is 7.41. The van der Waals surface area contributed by atoms with Gasteiger partial charge in [0.25, 0.3) is 11.8 Å². The van der Waals surface area contributed by atoms with Gasteiger partial charge in [0.1, 0.15) is 5.69 Å². The summed E-state index contributed by atoms with van der Waals surface area (Å²) < 4.78 is 38.5. The molecule has 0 saturated heterocycles. The second kappa shape index (κ2) is 9.90. The molecule has 33 heavy (non-hydrogen) atoms. The molecule has 0 radical (unpaired) electrons. The van der Waals surface area contributed by atoms with Crippen LogP contribution < -0.4 is 10.7 Å². The van der Waals surface area contributed by atoms with E-state index >= 15 is 0 Å². The molecule has 0 saturated carbocycles. The largest absolute Gasteiger partial charge is 0.417 e. The molecule has 0 aliphatic heterocycles. The molecule has 172 valence electrons. The minimum atomic E-state index is -4.66. The third kappa shape index (κ3) is 6.10. The third-order valence-electron chi connectivity index (χ3n) is 4.29. The van der Waals surface area contributed by atoms with Gasteiger partial charge < -0.3 is 5.32 Å². The highest BCUT2D eigenvalue weighted by Gasteiger charge is 2.32. The fraction of sp³-hybridized carbons (Fsp3) is 0.143. The molecule has 0 aliphatic rings. The number of amides is 2. The molecule has 2 amide bonds. The maximum Gasteiger partial charge on any atom is 0.417 e. The number of alkyl halides is 3. The van der Waals surface area contributed by atoms with Gasteiger partial charge in [0.15, 0.2) is 0 Å². The van der Waals surface area contributed by atoms with E-state index in [-0.39, 0.29) is 16.3 Å². The van der Waals surface area contributed by atoms with E-state index in [2.05, 4.69) is 20.8 Å². The number of aromatic nitrogens is 1. The van der Waals surface area contributed by atoms with E-state index in [0.717, 1.165) is 9.75 Å². The quantitative estimate of drug-likeness (QED) is 0.318. The van der Waals surface area contributed by atoms with Crippen LogP contribution >= 0.6 is 34.5 Å². The van der Waals surface area contributed by atoms with Crippen LogP contribution in [0.4, 0.5) is 18.9 Å². The predicted molar refractivity (Wildman–Crippen MR) is 123 cm³/mol. The summed E-state index contributed by atoms with van der Waals surface area (Å²) in [5.41, 5.74) is 1.35. The molecule has 3 aromatic rings. The van der Waals surface area contributed by atoms with E-state index < -0.39 is 34.3 Å². The number of hydrazone groups is 1. The van der Waals surface area contributed by atoms with Crippen molar-refractivity contribution >= 4 is 58.3 Å². The average molecular weight is 515 g/mol. The number of benzene rings is 1. The van der Waals surface area contributed by atoms with Gasteiger partial charge in [-0.05, 0) is 49.7 Å². The first-order valence-electron chi connectivity index (χ1n) is 9.20. The number of thiophene rings is 1. The summed E-state index contributed by atoms with van der Waals surface area (Å²) in [6.45, 7) is 3.53. The molecule has 6 nitrogen and oxygen atoms in total. The van der Waals surface area contributed by atoms with Gasteiger partial charge in [0.2, 0.25) is 0 Å². The summed E-state index contributed by atoms with van der Waals surface area (Å²) in [5, 5.41) is 6.13. The van der Waals surface area contributed by atoms with Gasteiger partial charge in [-0.2, -0.15) is 18.3 Å². The molecule has 2 N–H and O–H groups in total. The highest BCUT2D eigenvalue weighted by molar-refractivity contribution is 7.13. The Morgan fingerprint density at radius 2 is 1.85 bits per heavy atom. The lowest BCUT2D eigenvalue weighted by atomic mass is 10.1. The second-order valence-electron chi connectivity index (χ2n) is 6.80. The maximum absolute atomic E-state index is 12.8. The highest BCUT2D eigenvalue weighted by atomic mass is 35.5. The second-order valence-corrected chi connectivity index (χ2v) is 8.96. The summed E-state index contributed by atoms with van der Waals surface area (Å²) in [5.74, 6) is -1.56. The van der Waals surface area contributed by atoms with Crippen molar-refractivity contribution in [1.82, 2.24) is 10.4 Å². The standard InChI is InChI=1S/C21H15Cl2F3N4O2S/c1-10-5-13(22)7-15(19(31)30-28-9-14-4-3-11(2)33-14)17(10)29-20(32)18-16(23)6-12(8-27-18)21(24,25)26/h3-9H,1-2H3,(H,29,32)(H,30,31). The average Bonchev–Trinajstić information content (AvgIpc) is 3.13. The number of hydrogen-bond donors (Lipinski definition) is 2. The van der Waals surface area contributed by atoms with Crippen LogP contribution in [0.25, 0.3) is 0 Å². The maximum atomic E-state index is 12.8. The SMILES string of the molecule is Cc1ccc(C=NNC(=O)c2cc(Cl)cc(C)c2NC(=O)c2ncc(C(F)(F)F)cc2Cl)s1. The zero-order valence-electron chi connectivity index (χ0n) is 17.1. The number of hydrogen-bond acceptors (Lipinski definition) is 5. The molecule has 0 spiro atoms. The van der Waals surface area contributed by atoms with Crippen molar-refractivity contribution in [3.05, 3.63) is 78.7 Å². The lowest BCUT2D eigenvalue weighted by molar-refractivity contribution is -0.137. The first kappa shape index (κ1) is 24.7. The van der Waals surface area contributed by atoms with Gasteiger partial charge in [0.05, 0.1) is 28.1 Å². The molecule has 12 heteroatoms. The minimum Gasteiger partial charge on any atom is -0.320 e. The van der Waals surface area contributed by atoms with Crippen molar-refractivity contribution in [2.24, 2.45) is 5.10 Å². The van der Waals surface area contributed by atoms with Gasteiger partial charge >= 0.3 is 6.18 Å².